The van der Waals surface area contributed by atoms with Gasteiger partial charge in [0.2, 0.25) is 0 Å². The number of aromatic nitrogens is 1. The molecular formula is C31H19NO2. The zero-order valence-electron chi connectivity index (χ0n) is 18.5. The van der Waals surface area contributed by atoms with Crippen molar-refractivity contribution in [2.75, 3.05) is 7.11 Å². The zero-order chi connectivity index (χ0) is 22.8. The van der Waals surface area contributed by atoms with Crippen LogP contribution in [0.1, 0.15) is 15.9 Å². The quantitative estimate of drug-likeness (QED) is 0.163. The summed E-state index contributed by atoms with van der Waals surface area (Å²) >= 11 is 0. The molecule has 0 amide bonds. The number of nitrogens with zero attached hydrogens (tertiary/aromatic N) is 1. The Labute approximate surface area is 195 Å². The van der Waals surface area contributed by atoms with E-state index in [2.05, 4.69) is 54.6 Å². The minimum absolute atomic E-state index is 0.0437. The van der Waals surface area contributed by atoms with E-state index >= 15 is 0 Å². The van der Waals surface area contributed by atoms with Gasteiger partial charge < -0.3 is 4.74 Å². The number of para-hydroxylation sites is 1. The van der Waals surface area contributed by atoms with Crippen LogP contribution in [0.2, 0.25) is 0 Å². The Morgan fingerprint density at radius 3 is 2.18 bits per heavy atom. The van der Waals surface area contributed by atoms with Crippen molar-refractivity contribution < 1.29 is 9.53 Å². The number of carbonyl (C=O) groups excluding carboxylic acids is 1. The first-order valence-corrected chi connectivity index (χ1v) is 11.3. The Morgan fingerprint density at radius 2 is 1.38 bits per heavy atom. The van der Waals surface area contributed by atoms with Crippen LogP contribution in [-0.4, -0.2) is 17.9 Å². The molecular weight excluding hydrogens is 418 g/mol. The molecule has 0 N–H and O–H groups in total. The standard InChI is InChI=1S/C31H19NO2/c1-34-23-13-10-20(11-14-23)31(33)25-7-3-6-22-16-26-24-15-12-19-5-2-4-18-8-9-21(29(24)28(18)19)17-27(26)32-30(22)25/h2-17H,1H3. The number of benzene rings is 6. The number of ether oxygens (including phenoxy) is 1. The van der Waals surface area contributed by atoms with Crippen LogP contribution in [0.15, 0.2) is 97.1 Å². The first-order chi connectivity index (χ1) is 16.7. The summed E-state index contributed by atoms with van der Waals surface area (Å²) in [5.41, 5.74) is 2.84. The fourth-order valence-corrected chi connectivity index (χ4v) is 5.22. The molecule has 0 bridgehead atoms. The maximum Gasteiger partial charge on any atom is 0.195 e. The van der Waals surface area contributed by atoms with Crippen LogP contribution >= 0.6 is 0 Å². The number of rotatable bonds is 3. The van der Waals surface area contributed by atoms with Gasteiger partial charge in [-0.25, -0.2) is 4.98 Å². The molecule has 0 radical (unpaired) electrons. The van der Waals surface area contributed by atoms with Crippen LogP contribution in [0, 0.1) is 0 Å². The molecule has 7 aromatic rings. The molecule has 160 valence electrons. The molecule has 3 heteroatoms. The van der Waals surface area contributed by atoms with Gasteiger partial charge in [-0.1, -0.05) is 54.6 Å². The lowest BCUT2D eigenvalue weighted by Crippen LogP contribution is -2.03. The highest BCUT2D eigenvalue weighted by Crippen LogP contribution is 2.39. The Bertz CT molecular complexity index is 1890. The number of fused-ring (bicyclic) bond motifs is 3. The van der Waals surface area contributed by atoms with Gasteiger partial charge >= 0.3 is 0 Å². The summed E-state index contributed by atoms with van der Waals surface area (Å²) in [6.07, 6.45) is 0. The van der Waals surface area contributed by atoms with Crippen LogP contribution in [0.25, 0.3) is 54.1 Å². The van der Waals surface area contributed by atoms with Gasteiger partial charge in [-0.15, -0.1) is 0 Å². The van der Waals surface area contributed by atoms with E-state index in [-0.39, 0.29) is 5.78 Å². The van der Waals surface area contributed by atoms with E-state index in [4.69, 9.17) is 9.72 Å². The Morgan fingerprint density at radius 1 is 0.676 bits per heavy atom. The zero-order valence-corrected chi connectivity index (χ0v) is 18.5. The molecule has 1 heterocycles. The summed E-state index contributed by atoms with van der Waals surface area (Å²) in [6, 6.07) is 32.5. The predicted molar refractivity (Wildman–Crippen MR) is 139 cm³/mol. The number of ketones is 1. The number of pyridine rings is 1. The number of hydrogen-bond acceptors (Lipinski definition) is 3. The van der Waals surface area contributed by atoms with Crippen LogP contribution in [0.5, 0.6) is 5.75 Å². The second-order valence-corrected chi connectivity index (χ2v) is 8.72. The van der Waals surface area contributed by atoms with Crippen LogP contribution in [0.4, 0.5) is 0 Å². The van der Waals surface area contributed by atoms with Gasteiger partial charge in [0.25, 0.3) is 0 Å². The lowest BCUT2D eigenvalue weighted by atomic mass is 9.91. The molecule has 0 saturated carbocycles. The second-order valence-electron chi connectivity index (χ2n) is 8.72. The highest BCUT2D eigenvalue weighted by atomic mass is 16.5. The molecule has 0 unspecified atom stereocenters. The average molecular weight is 437 g/mol. The van der Waals surface area contributed by atoms with Crippen molar-refractivity contribution in [3.63, 3.8) is 0 Å². The van der Waals surface area contributed by atoms with Crippen LogP contribution in [-0.2, 0) is 0 Å². The second kappa shape index (κ2) is 7.00. The highest BCUT2D eigenvalue weighted by molar-refractivity contribution is 6.29. The van der Waals surface area contributed by atoms with Gasteiger partial charge in [0, 0.05) is 21.9 Å². The SMILES string of the molecule is COc1ccc(C(=O)c2cccc3cc4c(cc5ccc6cccc7ccc4c5c67)nc23)cc1. The Kier molecular flexibility index (Phi) is 3.91. The third-order valence-corrected chi connectivity index (χ3v) is 6.86. The van der Waals surface area contributed by atoms with E-state index in [1.165, 1.54) is 26.9 Å². The molecule has 1 aromatic heterocycles. The molecule has 0 fully saturated rings. The van der Waals surface area contributed by atoms with Crippen molar-refractivity contribution >= 4 is 59.9 Å². The number of carbonyl (C=O) groups is 1. The fraction of sp³-hybridized carbons (Fsp3) is 0.0323. The lowest BCUT2D eigenvalue weighted by Gasteiger charge is -2.14. The molecule has 7 rings (SSSR count). The Hall–Kier alpha value is -4.50. The smallest absolute Gasteiger partial charge is 0.195 e. The molecule has 6 aromatic carbocycles. The number of methoxy groups -OCH3 is 1. The summed E-state index contributed by atoms with van der Waals surface area (Å²) < 4.78 is 5.23. The van der Waals surface area contributed by atoms with Crippen molar-refractivity contribution in [1.29, 1.82) is 0 Å². The summed E-state index contributed by atoms with van der Waals surface area (Å²) in [4.78, 5) is 18.4. The summed E-state index contributed by atoms with van der Waals surface area (Å²) in [6.45, 7) is 0. The third-order valence-electron chi connectivity index (χ3n) is 6.86. The average Bonchev–Trinajstić information content (AvgIpc) is 2.89. The van der Waals surface area contributed by atoms with E-state index < -0.39 is 0 Å². The van der Waals surface area contributed by atoms with Crippen molar-refractivity contribution in [3.8, 4) is 5.75 Å². The fourth-order valence-electron chi connectivity index (χ4n) is 5.22. The van der Waals surface area contributed by atoms with Gasteiger partial charge in [-0.05, 0) is 74.8 Å². The van der Waals surface area contributed by atoms with Gasteiger partial charge in [-0.2, -0.15) is 0 Å². The summed E-state index contributed by atoms with van der Waals surface area (Å²) in [5.74, 6) is 0.681. The van der Waals surface area contributed by atoms with Crippen molar-refractivity contribution in [1.82, 2.24) is 4.98 Å². The van der Waals surface area contributed by atoms with E-state index in [0.29, 0.717) is 11.1 Å². The van der Waals surface area contributed by atoms with Crippen molar-refractivity contribution in [3.05, 3.63) is 108 Å². The molecule has 0 aliphatic heterocycles. The maximum absolute atomic E-state index is 13.4. The first kappa shape index (κ1) is 19.0. The lowest BCUT2D eigenvalue weighted by molar-refractivity contribution is 0.104. The van der Waals surface area contributed by atoms with Gasteiger partial charge in [0.15, 0.2) is 5.78 Å². The molecule has 0 spiro atoms. The van der Waals surface area contributed by atoms with Gasteiger partial charge in [0.05, 0.1) is 18.1 Å². The normalized spacial score (nSPS) is 11.8. The van der Waals surface area contributed by atoms with Crippen LogP contribution < -0.4 is 4.74 Å². The maximum atomic E-state index is 13.4. The highest BCUT2D eigenvalue weighted by Gasteiger charge is 2.17. The molecule has 0 aliphatic carbocycles. The van der Waals surface area contributed by atoms with Crippen molar-refractivity contribution in [2.45, 2.75) is 0 Å². The first-order valence-electron chi connectivity index (χ1n) is 11.3. The minimum atomic E-state index is -0.0437. The topological polar surface area (TPSA) is 39.2 Å². The Balaban J connectivity index is 1.51. The summed E-state index contributed by atoms with van der Waals surface area (Å²) in [5, 5.41) is 9.48. The van der Waals surface area contributed by atoms with Gasteiger partial charge in [0.1, 0.15) is 5.75 Å². The summed E-state index contributed by atoms with van der Waals surface area (Å²) in [7, 11) is 1.62. The van der Waals surface area contributed by atoms with Gasteiger partial charge in [-0.3, -0.25) is 4.79 Å². The van der Waals surface area contributed by atoms with E-state index in [9.17, 15) is 4.79 Å². The van der Waals surface area contributed by atoms with E-state index in [0.717, 1.165) is 32.9 Å². The van der Waals surface area contributed by atoms with E-state index in [1.807, 2.05) is 30.3 Å². The molecule has 34 heavy (non-hydrogen) atoms. The molecule has 0 saturated heterocycles. The third kappa shape index (κ3) is 2.64. The molecule has 3 nitrogen and oxygen atoms in total. The largest absolute Gasteiger partial charge is 0.497 e. The minimum Gasteiger partial charge on any atom is -0.497 e. The molecule has 0 atom stereocenters. The number of hydrogen-bond donors (Lipinski definition) is 0. The monoisotopic (exact) mass is 437 g/mol. The predicted octanol–water partition coefficient (Wildman–Crippen LogP) is 7.53. The van der Waals surface area contributed by atoms with Crippen LogP contribution in [0.3, 0.4) is 0 Å². The van der Waals surface area contributed by atoms with E-state index in [1.54, 1.807) is 19.2 Å². The van der Waals surface area contributed by atoms with Crippen molar-refractivity contribution in [2.24, 2.45) is 0 Å². The molecule has 0 aliphatic rings.